The van der Waals surface area contributed by atoms with E-state index in [0.29, 0.717) is 12.5 Å². The predicted molar refractivity (Wildman–Crippen MR) is 52.4 cm³/mol. The molecule has 0 aliphatic heterocycles. The van der Waals surface area contributed by atoms with Crippen LogP contribution >= 0.6 is 0 Å². The molecule has 0 saturated heterocycles. The first-order valence-electron chi connectivity index (χ1n) is 4.80. The average Bonchev–Trinajstić information content (AvgIpc) is 2.51. The van der Waals surface area contributed by atoms with Gasteiger partial charge >= 0.3 is 0 Å². The van der Waals surface area contributed by atoms with Crippen molar-refractivity contribution in [2.75, 3.05) is 6.61 Å². The Hall–Kier alpha value is -0.830. The summed E-state index contributed by atoms with van der Waals surface area (Å²) in [6.45, 7) is 2.37. The van der Waals surface area contributed by atoms with Gasteiger partial charge in [0.05, 0.1) is 6.20 Å². The normalized spacial score (nSPS) is 13.2. The van der Waals surface area contributed by atoms with E-state index in [4.69, 9.17) is 5.11 Å². The van der Waals surface area contributed by atoms with Crippen molar-refractivity contribution in [3.05, 3.63) is 18.0 Å². The van der Waals surface area contributed by atoms with E-state index in [2.05, 4.69) is 12.0 Å². The van der Waals surface area contributed by atoms with Gasteiger partial charge in [-0.25, -0.2) is 0 Å². The van der Waals surface area contributed by atoms with Crippen molar-refractivity contribution in [1.29, 1.82) is 0 Å². The van der Waals surface area contributed by atoms with E-state index in [9.17, 15) is 0 Å². The highest BCUT2D eigenvalue weighted by atomic mass is 16.3. The molecule has 0 saturated carbocycles. The Morgan fingerprint density at radius 3 is 2.92 bits per heavy atom. The molecule has 3 heteroatoms. The van der Waals surface area contributed by atoms with E-state index < -0.39 is 0 Å². The molecule has 0 radical (unpaired) electrons. The zero-order valence-corrected chi connectivity index (χ0v) is 8.40. The number of hydrogen-bond acceptors (Lipinski definition) is 2. The summed E-state index contributed by atoms with van der Waals surface area (Å²) in [5.41, 5.74) is 1.28. The lowest BCUT2D eigenvalue weighted by Gasteiger charge is -2.05. The lowest BCUT2D eigenvalue weighted by atomic mass is 10.0. The molecule has 1 N–H and O–H groups in total. The zero-order chi connectivity index (χ0) is 9.68. The fraction of sp³-hybridized carbons (Fsp3) is 0.700. The van der Waals surface area contributed by atoms with Gasteiger partial charge in [0.2, 0.25) is 0 Å². The first kappa shape index (κ1) is 10.3. The standard InChI is InChI=1S/C10H18N2O/c1-9(8-13)4-3-5-10-6-11-12(2)7-10/h6-7,9,13H,3-5,8H2,1-2H3. The Kier molecular flexibility index (Phi) is 3.96. The second-order valence-electron chi connectivity index (χ2n) is 3.70. The molecule has 13 heavy (non-hydrogen) atoms. The summed E-state index contributed by atoms with van der Waals surface area (Å²) in [6, 6.07) is 0. The monoisotopic (exact) mass is 182 g/mol. The van der Waals surface area contributed by atoms with Gasteiger partial charge in [-0.1, -0.05) is 6.92 Å². The van der Waals surface area contributed by atoms with Crippen LogP contribution in [-0.2, 0) is 13.5 Å². The van der Waals surface area contributed by atoms with Crippen molar-refractivity contribution in [1.82, 2.24) is 9.78 Å². The van der Waals surface area contributed by atoms with Crippen LogP contribution in [0.25, 0.3) is 0 Å². The van der Waals surface area contributed by atoms with Crippen molar-refractivity contribution in [3.8, 4) is 0 Å². The third-order valence-corrected chi connectivity index (χ3v) is 2.23. The van der Waals surface area contributed by atoms with Gasteiger partial charge in [-0.3, -0.25) is 4.68 Å². The number of nitrogens with zero attached hydrogens (tertiary/aromatic N) is 2. The van der Waals surface area contributed by atoms with Crippen molar-refractivity contribution >= 4 is 0 Å². The third kappa shape index (κ3) is 3.59. The van der Waals surface area contributed by atoms with Gasteiger partial charge in [0.15, 0.2) is 0 Å². The largest absolute Gasteiger partial charge is 0.396 e. The fourth-order valence-electron chi connectivity index (χ4n) is 1.35. The number of aliphatic hydroxyl groups is 1. The summed E-state index contributed by atoms with van der Waals surface area (Å²) >= 11 is 0. The van der Waals surface area contributed by atoms with Crippen molar-refractivity contribution < 1.29 is 5.11 Å². The van der Waals surface area contributed by atoms with E-state index in [1.807, 2.05) is 24.1 Å². The molecule has 1 aromatic rings. The molecule has 0 aliphatic carbocycles. The molecule has 0 spiro atoms. The Morgan fingerprint density at radius 1 is 1.62 bits per heavy atom. The van der Waals surface area contributed by atoms with Crippen LogP contribution in [0.15, 0.2) is 12.4 Å². The molecule has 1 unspecified atom stereocenters. The van der Waals surface area contributed by atoms with E-state index in [-0.39, 0.29) is 0 Å². The van der Waals surface area contributed by atoms with Crippen LogP contribution in [0.3, 0.4) is 0 Å². The van der Waals surface area contributed by atoms with Crippen molar-refractivity contribution in [2.45, 2.75) is 26.2 Å². The van der Waals surface area contributed by atoms with Crippen molar-refractivity contribution in [2.24, 2.45) is 13.0 Å². The number of aromatic nitrogens is 2. The van der Waals surface area contributed by atoms with Gasteiger partial charge in [0.1, 0.15) is 0 Å². The van der Waals surface area contributed by atoms with Crippen LogP contribution in [-0.4, -0.2) is 21.5 Å². The SMILES string of the molecule is CC(CO)CCCc1cnn(C)c1. The minimum Gasteiger partial charge on any atom is -0.396 e. The number of aliphatic hydroxyl groups excluding tert-OH is 1. The van der Waals surface area contributed by atoms with Crippen LogP contribution in [0.4, 0.5) is 0 Å². The highest BCUT2D eigenvalue weighted by Crippen LogP contribution is 2.08. The second-order valence-corrected chi connectivity index (χ2v) is 3.70. The van der Waals surface area contributed by atoms with E-state index in [0.717, 1.165) is 19.3 Å². The highest BCUT2D eigenvalue weighted by Gasteiger charge is 2.01. The van der Waals surface area contributed by atoms with Crippen LogP contribution in [0.2, 0.25) is 0 Å². The molecule has 0 aromatic carbocycles. The summed E-state index contributed by atoms with van der Waals surface area (Å²) in [5, 5.41) is 12.9. The van der Waals surface area contributed by atoms with Gasteiger partial charge in [0.25, 0.3) is 0 Å². The quantitative estimate of drug-likeness (QED) is 0.747. The minimum absolute atomic E-state index is 0.299. The van der Waals surface area contributed by atoms with Gasteiger partial charge < -0.3 is 5.11 Å². The fourth-order valence-corrected chi connectivity index (χ4v) is 1.35. The smallest absolute Gasteiger partial charge is 0.0521 e. The topological polar surface area (TPSA) is 38.1 Å². The van der Waals surface area contributed by atoms with Gasteiger partial charge in [-0.2, -0.15) is 5.10 Å². The molecule has 1 atom stereocenters. The molecule has 0 bridgehead atoms. The van der Waals surface area contributed by atoms with Gasteiger partial charge in [-0.05, 0) is 30.7 Å². The maximum absolute atomic E-state index is 8.82. The van der Waals surface area contributed by atoms with E-state index in [1.54, 1.807) is 0 Å². The summed E-state index contributed by atoms with van der Waals surface area (Å²) in [6.07, 6.45) is 7.24. The van der Waals surface area contributed by atoms with E-state index >= 15 is 0 Å². The molecule has 0 amide bonds. The molecule has 74 valence electrons. The first-order chi connectivity index (χ1) is 6.22. The Labute approximate surface area is 79.4 Å². The first-order valence-corrected chi connectivity index (χ1v) is 4.80. The lowest BCUT2D eigenvalue weighted by Crippen LogP contribution is -2.00. The summed E-state index contributed by atoms with van der Waals surface area (Å²) in [7, 11) is 1.93. The second kappa shape index (κ2) is 5.02. The predicted octanol–water partition coefficient (Wildman–Crippen LogP) is 1.37. The van der Waals surface area contributed by atoms with E-state index in [1.165, 1.54) is 5.56 Å². The maximum atomic E-state index is 8.82. The van der Waals surface area contributed by atoms with Crippen LogP contribution in [0, 0.1) is 5.92 Å². The molecule has 1 heterocycles. The molecule has 0 aliphatic rings. The molecule has 1 rings (SSSR count). The number of aryl methyl sites for hydroxylation is 2. The Balaban J connectivity index is 2.20. The lowest BCUT2D eigenvalue weighted by molar-refractivity contribution is 0.228. The third-order valence-electron chi connectivity index (χ3n) is 2.23. The number of rotatable bonds is 5. The molecule has 3 nitrogen and oxygen atoms in total. The van der Waals surface area contributed by atoms with Crippen LogP contribution in [0.1, 0.15) is 25.3 Å². The summed E-state index contributed by atoms with van der Waals surface area (Å²) in [5.74, 6) is 0.427. The molecule has 1 aromatic heterocycles. The highest BCUT2D eigenvalue weighted by molar-refractivity contribution is 5.03. The summed E-state index contributed by atoms with van der Waals surface area (Å²) < 4.78 is 1.82. The van der Waals surface area contributed by atoms with Gasteiger partial charge in [0, 0.05) is 19.9 Å². The molecular formula is C10H18N2O. The zero-order valence-electron chi connectivity index (χ0n) is 8.40. The minimum atomic E-state index is 0.299. The molecular weight excluding hydrogens is 164 g/mol. The molecule has 0 fully saturated rings. The summed E-state index contributed by atoms with van der Waals surface area (Å²) in [4.78, 5) is 0. The Bertz CT molecular complexity index is 245. The number of hydrogen-bond donors (Lipinski definition) is 1. The Morgan fingerprint density at radius 2 is 2.38 bits per heavy atom. The van der Waals surface area contributed by atoms with Gasteiger partial charge in [-0.15, -0.1) is 0 Å². The van der Waals surface area contributed by atoms with Crippen LogP contribution < -0.4 is 0 Å². The van der Waals surface area contributed by atoms with Crippen molar-refractivity contribution in [3.63, 3.8) is 0 Å². The van der Waals surface area contributed by atoms with Crippen LogP contribution in [0.5, 0.6) is 0 Å². The maximum Gasteiger partial charge on any atom is 0.0521 e. The average molecular weight is 182 g/mol.